The maximum atomic E-state index is 4.43. The Kier molecular flexibility index (Phi) is 5.36. The van der Waals surface area contributed by atoms with Gasteiger partial charge in [0.15, 0.2) is 0 Å². The zero-order valence-corrected chi connectivity index (χ0v) is 11.7. The van der Waals surface area contributed by atoms with Gasteiger partial charge in [-0.3, -0.25) is 0 Å². The number of benzene rings is 1. The van der Waals surface area contributed by atoms with Crippen LogP contribution < -0.4 is 5.32 Å². The molecule has 2 aromatic rings. The average Bonchev–Trinajstić information content (AvgIpc) is 2.81. The fraction of sp³-hybridized carbons (Fsp3) is 0.400. The van der Waals surface area contributed by atoms with Crippen molar-refractivity contribution in [1.82, 2.24) is 10.3 Å². The van der Waals surface area contributed by atoms with Crippen LogP contribution in [0.4, 0.5) is 0 Å². The first-order valence-corrected chi connectivity index (χ1v) is 7.38. The summed E-state index contributed by atoms with van der Waals surface area (Å²) in [5.41, 5.74) is 2.56. The lowest BCUT2D eigenvalue weighted by atomic mass is 10.1. The average molecular weight is 260 g/mol. The molecule has 0 unspecified atom stereocenters. The number of unbranched alkanes of at least 4 members (excludes halogenated alkanes) is 1. The Morgan fingerprint density at radius 2 is 2.00 bits per heavy atom. The van der Waals surface area contributed by atoms with Crippen molar-refractivity contribution in [1.29, 1.82) is 0 Å². The number of hydrogen-bond donors (Lipinski definition) is 1. The fourth-order valence-corrected chi connectivity index (χ4v) is 2.64. The highest BCUT2D eigenvalue weighted by Crippen LogP contribution is 2.08. The Morgan fingerprint density at radius 1 is 1.17 bits per heavy atom. The highest BCUT2D eigenvalue weighted by molar-refractivity contribution is 7.09. The molecule has 0 saturated heterocycles. The van der Waals surface area contributed by atoms with Crippen LogP contribution in [0, 0.1) is 6.92 Å². The summed E-state index contributed by atoms with van der Waals surface area (Å²) in [5.74, 6) is 0. The van der Waals surface area contributed by atoms with Crippen LogP contribution in [0.1, 0.15) is 29.1 Å². The molecule has 18 heavy (non-hydrogen) atoms. The van der Waals surface area contributed by atoms with Gasteiger partial charge in [0, 0.05) is 17.6 Å². The van der Waals surface area contributed by atoms with Gasteiger partial charge < -0.3 is 5.32 Å². The summed E-state index contributed by atoms with van der Waals surface area (Å²) >= 11 is 1.74. The molecule has 0 bridgehead atoms. The number of thiazole rings is 1. The molecule has 0 aliphatic heterocycles. The van der Waals surface area contributed by atoms with Crippen molar-refractivity contribution in [3.05, 3.63) is 52.0 Å². The SMILES string of the molecule is Cc1csc(CNCCCCc2ccccc2)n1. The third-order valence-electron chi connectivity index (χ3n) is 2.85. The summed E-state index contributed by atoms with van der Waals surface area (Å²) < 4.78 is 0. The molecule has 0 fully saturated rings. The molecular weight excluding hydrogens is 240 g/mol. The third-order valence-corrected chi connectivity index (χ3v) is 3.82. The van der Waals surface area contributed by atoms with E-state index in [0.29, 0.717) is 0 Å². The highest BCUT2D eigenvalue weighted by atomic mass is 32.1. The van der Waals surface area contributed by atoms with Gasteiger partial charge in [-0.2, -0.15) is 0 Å². The second kappa shape index (κ2) is 7.29. The summed E-state index contributed by atoms with van der Waals surface area (Å²) in [5, 5.41) is 6.74. The van der Waals surface area contributed by atoms with Crippen LogP contribution >= 0.6 is 11.3 Å². The molecule has 96 valence electrons. The van der Waals surface area contributed by atoms with Gasteiger partial charge in [0.2, 0.25) is 0 Å². The van der Waals surface area contributed by atoms with Crippen LogP contribution in [0.5, 0.6) is 0 Å². The van der Waals surface area contributed by atoms with Crippen molar-refractivity contribution in [3.8, 4) is 0 Å². The standard InChI is InChI=1S/C15H20N2S/c1-13-12-18-15(17-13)11-16-10-6-5-9-14-7-3-2-4-8-14/h2-4,7-8,12,16H,5-6,9-11H2,1H3. The molecule has 0 amide bonds. The maximum absolute atomic E-state index is 4.43. The Bertz CT molecular complexity index is 451. The minimum Gasteiger partial charge on any atom is -0.310 e. The number of nitrogens with zero attached hydrogens (tertiary/aromatic N) is 1. The molecule has 0 aliphatic carbocycles. The van der Waals surface area contributed by atoms with E-state index in [1.54, 1.807) is 11.3 Å². The molecule has 0 aliphatic rings. The molecule has 3 heteroatoms. The first-order valence-electron chi connectivity index (χ1n) is 6.50. The molecular formula is C15H20N2S. The van der Waals surface area contributed by atoms with Gasteiger partial charge in [0.1, 0.15) is 5.01 Å². The van der Waals surface area contributed by atoms with E-state index in [1.807, 2.05) is 6.92 Å². The molecule has 0 saturated carbocycles. The minimum absolute atomic E-state index is 0.907. The van der Waals surface area contributed by atoms with E-state index >= 15 is 0 Å². The van der Waals surface area contributed by atoms with Crippen LogP contribution in [-0.2, 0) is 13.0 Å². The van der Waals surface area contributed by atoms with Crippen molar-refractivity contribution in [2.75, 3.05) is 6.54 Å². The first kappa shape index (κ1) is 13.2. The van der Waals surface area contributed by atoms with Crippen molar-refractivity contribution in [2.45, 2.75) is 32.7 Å². The quantitative estimate of drug-likeness (QED) is 0.770. The van der Waals surface area contributed by atoms with E-state index in [9.17, 15) is 0 Å². The maximum Gasteiger partial charge on any atom is 0.107 e. The van der Waals surface area contributed by atoms with Gasteiger partial charge in [0.05, 0.1) is 0 Å². The van der Waals surface area contributed by atoms with Crippen LogP contribution in [0.2, 0.25) is 0 Å². The van der Waals surface area contributed by atoms with Gasteiger partial charge in [-0.15, -0.1) is 11.3 Å². The summed E-state index contributed by atoms with van der Waals surface area (Å²) in [7, 11) is 0. The molecule has 0 spiro atoms. The Hall–Kier alpha value is -1.19. The molecule has 1 aromatic heterocycles. The summed E-state index contributed by atoms with van der Waals surface area (Å²) in [6.45, 7) is 4.02. The van der Waals surface area contributed by atoms with Crippen LogP contribution in [0.25, 0.3) is 0 Å². The van der Waals surface area contributed by atoms with Gasteiger partial charge in [-0.05, 0) is 38.3 Å². The topological polar surface area (TPSA) is 24.9 Å². The van der Waals surface area contributed by atoms with Gasteiger partial charge in [0.25, 0.3) is 0 Å². The highest BCUT2D eigenvalue weighted by Gasteiger charge is 1.97. The van der Waals surface area contributed by atoms with Gasteiger partial charge in [-0.25, -0.2) is 4.98 Å². The van der Waals surface area contributed by atoms with E-state index < -0.39 is 0 Å². The number of nitrogens with one attached hydrogen (secondary N) is 1. The van der Waals surface area contributed by atoms with E-state index in [-0.39, 0.29) is 0 Å². The van der Waals surface area contributed by atoms with Crippen molar-refractivity contribution < 1.29 is 0 Å². The smallest absolute Gasteiger partial charge is 0.107 e. The normalized spacial score (nSPS) is 10.7. The lowest BCUT2D eigenvalue weighted by Gasteiger charge is -2.03. The van der Waals surface area contributed by atoms with Gasteiger partial charge >= 0.3 is 0 Å². The fourth-order valence-electron chi connectivity index (χ4n) is 1.90. The zero-order valence-electron chi connectivity index (χ0n) is 10.9. The van der Waals surface area contributed by atoms with Crippen molar-refractivity contribution in [3.63, 3.8) is 0 Å². The first-order chi connectivity index (χ1) is 8.84. The molecule has 2 nitrogen and oxygen atoms in total. The van der Waals surface area contributed by atoms with Crippen LogP contribution in [0.3, 0.4) is 0 Å². The minimum atomic E-state index is 0.907. The molecule has 0 radical (unpaired) electrons. The monoisotopic (exact) mass is 260 g/mol. The lowest BCUT2D eigenvalue weighted by Crippen LogP contribution is -2.14. The third kappa shape index (κ3) is 4.59. The van der Waals surface area contributed by atoms with Crippen LogP contribution in [0.15, 0.2) is 35.7 Å². The van der Waals surface area contributed by atoms with Crippen molar-refractivity contribution >= 4 is 11.3 Å². The number of rotatable bonds is 7. The van der Waals surface area contributed by atoms with Gasteiger partial charge in [-0.1, -0.05) is 30.3 Å². The molecule has 0 atom stereocenters. The molecule has 1 heterocycles. The van der Waals surface area contributed by atoms with E-state index in [2.05, 4.69) is 46.0 Å². The molecule has 1 aromatic carbocycles. The molecule has 1 N–H and O–H groups in total. The largest absolute Gasteiger partial charge is 0.310 e. The van der Waals surface area contributed by atoms with E-state index in [1.165, 1.54) is 29.8 Å². The Balaban J connectivity index is 1.54. The lowest BCUT2D eigenvalue weighted by molar-refractivity contribution is 0.621. The Labute approximate surface area is 113 Å². The van der Waals surface area contributed by atoms with Crippen molar-refractivity contribution in [2.24, 2.45) is 0 Å². The summed E-state index contributed by atoms with van der Waals surface area (Å²) in [6.07, 6.45) is 3.64. The summed E-state index contributed by atoms with van der Waals surface area (Å²) in [4.78, 5) is 4.43. The number of aryl methyl sites for hydroxylation is 2. The summed E-state index contributed by atoms with van der Waals surface area (Å²) in [6, 6.07) is 10.7. The predicted molar refractivity (Wildman–Crippen MR) is 77.9 cm³/mol. The predicted octanol–water partition coefficient (Wildman–Crippen LogP) is 3.56. The second-order valence-corrected chi connectivity index (χ2v) is 5.44. The van der Waals surface area contributed by atoms with E-state index in [4.69, 9.17) is 0 Å². The zero-order chi connectivity index (χ0) is 12.6. The second-order valence-electron chi connectivity index (χ2n) is 4.50. The molecule has 2 rings (SSSR count). The van der Waals surface area contributed by atoms with Crippen LogP contribution in [-0.4, -0.2) is 11.5 Å². The van der Waals surface area contributed by atoms with E-state index in [0.717, 1.165) is 18.8 Å². The Morgan fingerprint density at radius 3 is 2.72 bits per heavy atom. The number of hydrogen-bond acceptors (Lipinski definition) is 3. The number of aromatic nitrogens is 1.